The molecule has 194 valence electrons. The summed E-state index contributed by atoms with van der Waals surface area (Å²) in [5.41, 5.74) is 1.33. The van der Waals surface area contributed by atoms with Gasteiger partial charge in [-0.15, -0.1) is 0 Å². The van der Waals surface area contributed by atoms with Crippen LogP contribution in [-0.2, 0) is 20.0 Å². The molecule has 0 bridgehead atoms. The highest BCUT2D eigenvalue weighted by Gasteiger charge is 2.29. The van der Waals surface area contributed by atoms with Gasteiger partial charge < -0.3 is 0 Å². The van der Waals surface area contributed by atoms with Crippen molar-refractivity contribution in [2.75, 3.05) is 9.44 Å². The highest BCUT2D eigenvalue weighted by Crippen LogP contribution is 2.45. The standard InChI is InChI=1S/C20H12Br8N2O4S2/c1-7-8(2)19(29-35(31,32)11-5-3-9(21)14(24)16(11)26)20(18(28)13(7)23)30-36(33,34)12-6-4-10(22)15(25)17(12)27/h3-6,29-30H,1-2H3. The van der Waals surface area contributed by atoms with Gasteiger partial charge in [0.25, 0.3) is 20.0 Å². The minimum atomic E-state index is -4.17. The SMILES string of the molecule is Cc1c(C)c(NS(=O)(=O)c2ccc(Br)c(Br)c2Br)c(NS(=O)(=O)c2ccc(Br)c(Br)c2Br)c(Br)c1Br. The molecule has 3 aromatic rings. The smallest absolute Gasteiger partial charge is 0.263 e. The first-order valence-corrected chi connectivity index (χ1v) is 18.6. The summed E-state index contributed by atoms with van der Waals surface area (Å²) in [4.78, 5) is -0.0886. The predicted molar refractivity (Wildman–Crippen MR) is 172 cm³/mol. The quantitative estimate of drug-likeness (QED) is 0.241. The van der Waals surface area contributed by atoms with Gasteiger partial charge >= 0.3 is 0 Å². The van der Waals surface area contributed by atoms with E-state index in [4.69, 9.17) is 0 Å². The maximum atomic E-state index is 13.5. The van der Waals surface area contributed by atoms with E-state index in [0.29, 0.717) is 46.9 Å². The van der Waals surface area contributed by atoms with Crippen LogP contribution in [0.5, 0.6) is 0 Å². The molecular weight excluding hydrogens is 1040 g/mol. The molecule has 3 aromatic carbocycles. The molecule has 36 heavy (non-hydrogen) atoms. The number of anilines is 2. The molecule has 0 heterocycles. The third-order valence-electron chi connectivity index (χ3n) is 4.98. The monoisotopic (exact) mass is 1040 g/mol. The highest BCUT2D eigenvalue weighted by molar-refractivity contribution is 9.15. The third-order valence-corrected chi connectivity index (χ3v) is 17.4. The number of hydrogen-bond donors (Lipinski definition) is 2. The molecule has 0 fully saturated rings. The van der Waals surface area contributed by atoms with Crippen molar-refractivity contribution in [3.05, 3.63) is 71.2 Å². The topological polar surface area (TPSA) is 92.3 Å². The number of hydrogen-bond acceptors (Lipinski definition) is 4. The molecule has 0 aliphatic rings. The van der Waals surface area contributed by atoms with Gasteiger partial charge in [-0.2, -0.15) is 0 Å². The van der Waals surface area contributed by atoms with Crippen LogP contribution in [-0.4, -0.2) is 16.8 Å². The van der Waals surface area contributed by atoms with Gasteiger partial charge in [-0.25, -0.2) is 16.8 Å². The van der Waals surface area contributed by atoms with E-state index in [1.165, 1.54) is 12.1 Å². The Bertz CT molecular complexity index is 1510. The van der Waals surface area contributed by atoms with Gasteiger partial charge in [0.1, 0.15) is 9.79 Å². The fraction of sp³-hybridized carbons (Fsp3) is 0.100. The Morgan fingerprint density at radius 3 is 1.31 bits per heavy atom. The van der Waals surface area contributed by atoms with Crippen molar-refractivity contribution in [3.8, 4) is 0 Å². The van der Waals surface area contributed by atoms with E-state index in [-0.39, 0.29) is 21.2 Å². The molecule has 0 aliphatic carbocycles. The van der Waals surface area contributed by atoms with Crippen LogP contribution in [0.15, 0.2) is 69.8 Å². The lowest BCUT2D eigenvalue weighted by Crippen LogP contribution is -2.20. The van der Waals surface area contributed by atoms with Gasteiger partial charge in [0.2, 0.25) is 0 Å². The summed E-state index contributed by atoms with van der Waals surface area (Å²) in [7, 11) is -8.33. The zero-order valence-electron chi connectivity index (χ0n) is 17.8. The molecule has 0 aliphatic heterocycles. The summed E-state index contributed by atoms with van der Waals surface area (Å²) >= 11 is 26.9. The van der Waals surface area contributed by atoms with E-state index < -0.39 is 20.0 Å². The zero-order chi connectivity index (χ0) is 27.3. The Kier molecular flexibility index (Phi) is 10.4. The van der Waals surface area contributed by atoms with E-state index in [1.54, 1.807) is 26.0 Å². The van der Waals surface area contributed by atoms with E-state index >= 15 is 0 Å². The van der Waals surface area contributed by atoms with Crippen molar-refractivity contribution in [2.24, 2.45) is 0 Å². The van der Waals surface area contributed by atoms with E-state index in [9.17, 15) is 16.8 Å². The van der Waals surface area contributed by atoms with Crippen molar-refractivity contribution < 1.29 is 16.8 Å². The van der Waals surface area contributed by atoms with Crippen molar-refractivity contribution in [3.63, 3.8) is 0 Å². The molecule has 16 heteroatoms. The summed E-state index contributed by atoms with van der Waals surface area (Å²) in [6, 6.07) is 6.02. The van der Waals surface area contributed by atoms with Gasteiger partial charge in [0.05, 0.1) is 24.8 Å². The second-order valence-corrected chi connectivity index (χ2v) is 17.0. The predicted octanol–water partition coefficient (Wildman–Crippen LogP) is 10.0. The van der Waals surface area contributed by atoms with Crippen LogP contribution in [0.1, 0.15) is 11.1 Å². The molecule has 0 atom stereocenters. The molecule has 0 saturated carbocycles. The highest BCUT2D eigenvalue weighted by atomic mass is 79.9. The minimum Gasteiger partial charge on any atom is -0.277 e. The average molecular weight is 1050 g/mol. The van der Waals surface area contributed by atoms with Crippen molar-refractivity contribution in [1.29, 1.82) is 0 Å². The van der Waals surface area contributed by atoms with Crippen molar-refractivity contribution >= 4 is 159 Å². The Labute approximate surface area is 276 Å². The van der Waals surface area contributed by atoms with Crippen LogP contribution in [0.2, 0.25) is 0 Å². The molecule has 0 spiro atoms. The summed E-state index contributed by atoms with van der Waals surface area (Å²) in [6.45, 7) is 3.48. The molecule has 0 saturated heterocycles. The summed E-state index contributed by atoms with van der Waals surface area (Å²) in [5.74, 6) is 0. The van der Waals surface area contributed by atoms with E-state index in [0.717, 1.165) is 0 Å². The number of benzene rings is 3. The summed E-state index contributed by atoms with van der Waals surface area (Å²) in [5, 5.41) is 0. The molecular formula is C20H12Br8N2O4S2. The Morgan fingerprint density at radius 2 is 0.889 bits per heavy atom. The summed E-state index contributed by atoms with van der Waals surface area (Å²) in [6.07, 6.45) is 0. The Morgan fingerprint density at radius 1 is 0.500 bits per heavy atom. The second kappa shape index (κ2) is 11.9. The molecule has 6 nitrogen and oxygen atoms in total. The van der Waals surface area contributed by atoms with Gasteiger partial charge in [0.15, 0.2) is 0 Å². The lowest BCUT2D eigenvalue weighted by atomic mass is 10.1. The van der Waals surface area contributed by atoms with Crippen LogP contribution in [0, 0.1) is 13.8 Å². The fourth-order valence-electron chi connectivity index (χ4n) is 2.96. The van der Waals surface area contributed by atoms with Gasteiger partial charge in [-0.1, -0.05) is 0 Å². The average Bonchev–Trinajstić information content (AvgIpc) is 2.80. The molecule has 3 rings (SSSR count). The first-order valence-electron chi connectivity index (χ1n) is 9.32. The maximum Gasteiger partial charge on any atom is 0.263 e. The van der Waals surface area contributed by atoms with Crippen molar-refractivity contribution in [1.82, 2.24) is 0 Å². The Hall–Kier alpha value is 1.000. The number of sulfonamides is 2. The third kappa shape index (κ3) is 6.17. The molecule has 0 unspecified atom stereocenters. The molecule has 2 N–H and O–H groups in total. The first-order chi connectivity index (χ1) is 16.5. The fourth-order valence-corrected chi connectivity index (χ4v) is 10.7. The second-order valence-electron chi connectivity index (χ2n) is 7.19. The largest absolute Gasteiger partial charge is 0.277 e. The first kappa shape index (κ1) is 31.5. The van der Waals surface area contributed by atoms with Crippen LogP contribution >= 0.6 is 127 Å². The van der Waals surface area contributed by atoms with Crippen LogP contribution in [0.25, 0.3) is 0 Å². The normalized spacial score (nSPS) is 12.1. The molecule has 0 radical (unpaired) electrons. The van der Waals surface area contributed by atoms with Crippen LogP contribution in [0.3, 0.4) is 0 Å². The number of halogens is 8. The van der Waals surface area contributed by atoms with Gasteiger partial charge in [0, 0.05) is 22.4 Å². The number of nitrogens with one attached hydrogen (secondary N) is 2. The summed E-state index contributed by atoms with van der Waals surface area (Å²) < 4.78 is 62.8. The van der Waals surface area contributed by atoms with Crippen molar-refractivity contribution in [2.45, 2.75) is 23.6 Å². The minimum absolute atomic E-state index is 0.0202. The molecule has 0 aromatic heterocycles. The van der Waals surface area contributed by atoms with Crippen LogP contribution in [0.4, 0.5) is 11.4 Å². The zero-order valence-corrected chi connectivity index (χ0v) is 32.1. The molecule has 0 amide bonds. The van der Waals surface area contributed by atoms with Crippen LogP contribution < -0.4 is 9.44 Å². The number of rotatable bonds is 6. The Balaban J connectivity index is 2.22. The van der Waals surface area contributed by atoms with E-state index in [2.05, 4.69) is 137 Å². The lowest BCUT2D eigenvalue weighted by Gasteiger charge is -2.22. The van der Waals surface area contributed by atoms with Gasteiger partial charge in [-0.05, 0) is 177 Å². The van der Waals surface area contributed by atoms with E-state index in [1.807, 2.05) is 0 Å². The van der Waals surface area contributed by atoms with Gasteiger partial charge in [-0.3, -0.25) is 9.44 Å². The lowest BCUT2D eigenvalue weighted by molar-refractivity contribution is 0.598. The maximum absolute atomic E-state index is 13.5.